The van der Waals surface area contributed by atoms with Gasteiger partial charge in [-0.2, -0.15) is 5.26 Å². The molecule has 3 N–H and O–H groups in total. The lowest BCUT2D eigenvalue weighted by atomic mass is 10.1. The third-order valence-corrected chi connectivity index (χ3v) is 4.53. The van der Waals surface area contributed by atoms with Crippen LogP contribution in [0.1, 0.15) is 42.2 Å². The van der Waals surface area contributed by atoms with Crippen LogP contribution in [0.3, 0.4) is 0 Å². The molecule has 2 heterocycles. The summed E-state index contributed by atoms with van der Waals surface area (Å²) in [6.07, 6.45) is 0.0479. The van der Waals surface area contributed by atoms with Gasteiger partial charge in [-0.1, -0.05) is 0 Å². The van der Waals surface area contributed by atoms with Crippen LogP contribution in [-0.4, -0.2) is 63.2 Å². The van der Waals surface area contributed by atoms with Gasteiger partial charge in [0.05, 0.1) is 31.3 Å². The number of nitriles is 1. The molecule has 2 rings (SSSR count). The number of carbonyl (C=O) groups excluding carboxylic acids is 3. The lowest BCUT2D eigenvalue weighted by molar-refractivity contribution is -0.138. The van der Waals surface area contributed by atoms with Gasteiger partial charge in [0, 0.05) is 24.6 Å². The van der Waals surface area contributed by atoms with E-state index in [1.165, 1.54) is 25.3 Å². The minimum absolute atomic E-state index is 0.0409. The first kappa shape index (κ1) is 23.7. The summed E-state index contributed by atoms with van der Waals surface area (Å²) >= 11 is 0. The molecule has 166 valence electrons. The highest BCUT2D eigenvalue weighted by atomic mass is 19.3. The van der Waals surface area contributed by atoms with E-state index in [1.807, 2.05) is 0 Å². The Balaban J connectivity index is 1.95. The van der Waals surface area contributed by atoms with Crippen LogP contribution in [0.4, 0.5) is 8.78 Å². The minimum Gasteiger partial charge on any atom is -0.481 e. The number of halogens is 2. The molecular weight excluding hydrogens is 416 g/mol. The van der Waals surface area contributed by atoms with Crippen LogP contribution in [-0.2, 0) is 20.9 Å². The first-order valence-corrected chi connectivity index (χ1v) is 9.34. The van der Waals surface area contributed by atoms with E-state index in [0.29, 0.717) is 5.69 Å². The number of carboxylic acids is 1. The van der Waals surface area contributed by atoms with E-state index >= 15 is 0 Å². The Hall–Kier alpha value is -3.62. The zero-order valence-corrected chi connectivity index (χ0v) is 16.6. The average molecular weight is 437 g/mol. The summed E-state index contributed by atoms with van der Waals surface area (Å²) in [5.74, 6) is -6.21. The Labute approximate surface area is 176 Å². The van der Waals surface area contributed by atoms with Crippen molar-refractivity contribution in [1.82, 2.24) is 20.5 Å². The first-order chi connectivity index (χ1) is 14.5. The van der Waals surface area contributed by atoms with Crippen LogP contribution >= 0.6 is 0 Å². The fourth-order valence-electron chi connectivity index (χ4n) is 2.97. The summed E-state index contributed by atoms with van der Waals surface area (Å²) in [5.41, 5.74) is 0.437. The first-order valence-electron chi connectivity index (χ1n) is 9.34. The number of aromatic nitrogens is 1. The van der Waals surface area contributed by atoms with Crippen molar-refractivity contribution in [2.45, 2.75) is 50.7 Å². The molecule has 1 saturated heterocycles. The maximum atomic E-state index is 13.5. The van der Waals surface area contributed by atoms with Crippen LogP contribution in [0.2, 0.25) is 0 Å². The SMILES string of the molecule is C[C@H](NC(=O)c1ccnc(CNC(=O)CCC(=O)O)c1)C(=O)N1CC(F)(F)C[C@H]1C#N. The standard InChI is InChI=1S/C19H21F2N5O5/c1-11(18(31)26-10-19(20,21)7-14(26)8-22)25-17(30)12-4-5-23-13(6-12)9-24-15(27)2-3-16(28)29/h4-6,11,14H,2-3,7,9-10H2,1H3,(H,24,27)(H,25,30)(H,28,29)/t11-,14-/m0/s1. The molecule has 0 spiro atoms. The smallest absolute Gasteiger partial charge is 0.303 e. The van der Waals surface area contributed by atoms with Crippen LogP contribution in [0.5, 0.6) is 0 Å². The molecule has 10 nitrogen and oxygen atoms in total. The number of carboxylic acid groups (broad SMARTS) is 1. The normalized spacial score (nSPS) is 18.0. The molecule has 2 atom stereocenters. The number of hydrogen-bond donors (Lipinski definition) is 3. The molecule has 1 aliphatic heterocycles. The Morgan fingerprint density at radius 2 is 2.10 bits per heavy atom. The molecule has 31 heavy (non-hydrogen) atoms. The van der Waals surface area contributed by atoms with Gasteiger partial charge in [-0.25, -0.2) is 8.78 Å². The number of carbonyl (C=O) groups is 4. The van der Waals surface area contributed by atoms with E-state index in [1.54, 1.807) is 6.07 Å². The van der Waals surface area contributed by atoms with Crippen LogP contribution in [0, 0.1) is 11.3 Å². The van der Waals surface area contributed by atoms with Gasteiger partial charge < -0.3 is 20.6 Å². The lowest BCUT2D eigenvalue weighted by Gasteiger charge is -2.23. The maximum Gasteiger partial charge on any atom is 0.303 e. The highest BCUT2D eigenvalue weighted by molar-refractivity contribution is 5.97. The van der Waals surface area contributed by atoms with Gasteiger partial charge in [-0.3, -0.25) is 24.2 Å². The lowest BCUT2D eigenvalue weighted by Crippen LogP contribution is -2.48. The molecule has 3 amide bonds. The highest BCUT2D eigenvalue weighted by Gasteiger charge is 2.48. The van der Waals surface area contributed by atoms with Crippen LogP contribution < -0.4 is 10.6 Å². The number of amides is 3. The molecule has 0 radical (unpaired) electrons. The molecule has 0 bridgehead atoms. The fraction of sp³-hybridized carbons (Fsp3) is 0.474. The Morgan fingerprint density at radius 1 is 1.39 bits per heavy atom. The molecule has 0 aliphatic carbocycles. The van der Waals surface area contributed by atoms with E-state index in [4.69, 9.17) is 10.4 Å². The minimum atomic E-state index is -3.16. The van der Waals surface area contributed by atoms with Gasteiger partial charge in [-0.15, -0.1) is 0 Å². The second kappa shape index (κ2) is 9.92. The Kier molecular flexibility index (Phi) is 7.57. The molecular formula is C19H21F2N5O5. The summed E-state index contributed by atoms with van der Waals surface area (Å²) in [6, 6.07) is 1.99. The fourth-order valence-corrected chi connectivity index (χ4v) is 2.97. The average Bonchev–Trinajstić information content (AvgIpc) is 3.04. The van der Waals surface area contributed by atoms with Crippen molar-refractivity contribution >= 4 is 23.7 Å². The van der Waals surface area contributed by atoms with E-state index in [2.05, 4.69) is 15.6 Å². The molecule has 1 aromatic heterocycles. The van der Waals surface area contributed by atoms with Gasteiger partial charge >= 0.3 is 5.97 Å². The summed E-state index contributed by atoms with van der Waals surface area (Å²) in [5, 5.41) is 22.5. The van der Waals surface area contributed by atoms with Crippen molar-refractivity contribution in [2.75, 3.05) is 6.54 Å². The molecule has 0 saturated carbocycles. The van der Waals surface area contributed by atoms with Crippen LogP contribution in [0.15, 0.2) is 18.3 Å². The highest BCUT2D eigenvalue weighted by Crippen LogP contribution is 2.32. The van der Waals surface area contributed by atoms with E-state index in [-0.39, 0.29) is 24.9 Å². The third-order valence-electron chi connectivity index (χ3n) is 4.53. The number of rotatable bonds is 8. The number of likely N-dealkylation sites (tertiary alicyclic amines) is 1. The Bertz CT molecular complexity index is 917. The zero-order valence-electron chi connectivity index (χ0n) is 16.6. The number of alkyl halides is 2. The monoisotopic (exact) mass is 437 g/mol. The third kappa shape index (κ3) is 6.70. The van der Waals surface area contributed by atoms with Gasteiger partial charge in [0.2, 0.25) is 11.8 Å². The van der Waals surface area contributed by atoms with Gasteiger partial charge in [0.15, 0.2) is 0 Å². The van der Waals surface area contributed by atoms with Crippen molar-refractivity contribution in [3.05, 3.63) is 29.6 Å². The van der Waals surface area contributed by atoms with Crippen molar-refractivity contribution in [1.29, 1.82) is 5.26 Å². The second-order valence-electron chi connectivity index (χ2n) is 7.07. The molecule has 0 aromatic carbocycles. The molecule has 1 aliphatic rings. The molecule has 1 aromatic rings. The predicted octanol–water partition coefficient (Wildman–Crippen LogP) is 0.441. The molecule has 1 fully saturated rings. The predicted molar refractivity (Wildman–Crippen MR) is 101 cm³/mol. The van der Waals surface area contributed by atoms with Crippen LogP contribution in [0.25, 0.3) is 0 Å². The summed E-state index contributed by atoms with van der Waals surface area (Å²) in [4.78, 5) is 51.7. The zero-order chi connectivity index (χ0) is 23.2. The maximum absolute atomic E-state index is 13.5. The number of pyridine rings is 1. The quantitative estimate of drug-likeness (QED) is 0.533. The second-order valence-corrected chi connectivity index (χ2v) is 7.07. The topological polar surface area (TPSA) is 152 Å². The number of nitrogens with zero attached hydrogens (tertiary/aromatic N) is 3. The number of aliphatic carboxylic acids is 1. The van der Waals surface area contributed by atoms with Crippen molar-refractivity contribution in [3.8, 4) is 6.07 Å². The summed E-state index contributed by atoms with van der Waals surface area (Å²) in [7, 11) is 0. The van der Waals surface area contributed by atoms with Crippen molar-refractivity contribution in [3.63, 3.8) is 0 Å². The van der Waals surface area contributed by atoms with E-state index in [0.717, 1.165) is 4.90 Å². The summed E-state index contributed by atoms with van der Waals surface area (Å²) in [6.45, 7) is 0.405. The molecule has 0 unspecified atom stereocenters. The summed E-state index contributed by atoms with van der Waals surface area (Å²) < 4.78 is 27.1. The van der Waals surface area contributed by atoms with E-state index < -0.39 is 54.7 Å². The van der Waals surface area contributed by atoms with Crippen molar-refractivity contribution < 1.29 is 33.1 Å². The number of nitrogens with one attached hydrogen (secondary N) is 2. The van der Waals surface area contributed by atoms with Gasteiger partial charge in [0.25, 0.3) is 11.8 Å². The number of hydrogen-bond acceptors (Lipinski definition) is 6. The van der Waals surface area contributed by atoms with Gasteiger partial charge in [-0.05, 0) is 19.1 Å². The van der Waals surface area contributed by atoms with E-state index in [9.17, 15) is 28.0 Å². The van der Waals surface area contributed by atoms with Gasteiger partial charge in [0.1, 0.15) is 12.1 Å². The largest absolute Gasteiger partial charge is 0.481 e. The Morgan fingerprint density at radius 3 is 2.74 bits per heavy atom. The van der Waals surface area contributed by atoms with Crippen molar-refractivity contribution in [2.24, 2.45) is 0 Å². The molecule has 12 heteroatoms.